The number of hydrogen-bond acceptors (Lipinski definition) is 22. The van der Waals surface area contributed by atoms with E-state index in [1.165, 1.54) is 280 Å². The van der Waals surface area contributed by atoms with Gasteiger partial charge in [-0.2, -0.15) is 0 Å². The van der Waals surface area contributed by atoms with Gasteiger partial charge in [0.15, 0.2) is 45.6 Å². The highest BCUT2D eigenvalue weighted by Gasteiger charge is 2.31. The number of nitrogens with zero attached hydrogens (tertiary/aromatic N) is 6. The molecular weight excluding hydrogens is 1860 g/mol. The van der Waals surface area contributed by atoms with E-state index < -0.39 is 0 Å². The average molecular weight is 2010 g/mol. The van der Waals surface area contributed by atoms with Crippen molar-refractivity contribution < 1.29 is 18.9 Å². The van der Waals surface area contributed by atoms with E-state index in [0.29, 0.717) is 71.6 Å². The van der Waals surface area contributed by atoms with Crippen molar-refractivity contribution in [2.24, 2.45) is 0 Å². The molecule has 0 aliphatic carbocycles. The van der Waals surface area contributed by atoms with E-state index in [9.17, 15) is 0 Å². The van der Waals surface area contributed by atoms with Gasteiger partial charge in [0.25, 0.3) is 0 Å². The van der Waals surface area contributed by atoms with Crippen LogP contribution >= 0.6 is 139 Å². The summed E-state index contributed by atoms with van der Waals surface area (Å²) in [6.45, 7) is 20.9. The Morgan fingerprint density at radius 2 is 0.432 bits per heavy atom. The van der Waals surface area contributed by atoms with Gasteiger partial charge in [-0.1, -0.05) is 359 Å². The molecule has 24 heteroatoms. The van der Waals surface area contributed by atoms with E-state index in [4.69, 9.17) is 48.9 Å². The minimum absolute atomic E-state index is 0.587. The molecule has 7 aromatic heterocycles. The minimum Gasteiger partial charge on any atom is -0.490 e. The first kappa shape index (κ1) is 105. The second-order valence-corrected chi connectivity index (χ2v) is 50.0. The highest BCUT2D eigenvalue weighted by atomic mass is 32.3. The van der Waals surface area contributed by atoms with E-state index in [2.05, 4.69) is 115 Å². The van der Waals surface area contributed by atoms with Crippen LogP contribution in [-0.4, -0.2) is 91.3 Å². The molecule has 0 atom stereocenters. The molecule has 8 bridgehead atoms. The van der Waals surface area contributed by atoms with Gasteiger partial charge in [-0.15, -0.1) is 92.4 Å². The molecule has 2 aliphatic rings. The number of rotatable bonds is 64. The van der Waals surface area contributed by atoms with Gasteiger partial charge in [-0.05, 0) is 149 Å². The van der Waals surface area contributed by atoms with Crippen LogP contribution in [0.25, 0.3) is 116 Å². The molecule has 2 N–H and O–H groups in total. The number of thioether (sulfide) groups is 8. The lowest BCUT2D eigenvalue weighted by molar-refractivity contribution is 0.259. The van der Waals surface area contributed by atoms with E-state index in [1.54, 1.807) is 0 Å². The quantitative estimate of drug-likeness (QED) is 0.0348. The summed E-state index contributed by atoms with van der Waals surface area (Å²) in [6.07, 6.45) is 69.0. The van der Waals surface area contributed by atoms with Crippen LogP contribution in [0.2, 0.25) is 0 Å². The van der Waals surface area contributed by atoms with E-state index in [1.807, 2.05) is 139 Å². The summed E-state index contributed by atoms with van der Waals surface area (Å²) in [5, 5.41) is 8.10. The van der Waals surface area contributed by atoms with Gasteiger partial charge in [0.2, 0.25) is 0 Å². The van der Waals surface area contributed by atoms with Crippen molar-refractivity contribution in [1.29, 1.82) is 0 Å². The molecule has 0 unspecified atom stereocenters. The van der Waals surface area contributed by atoms with Gasteiger partial charge in [0.05, 0.1) is 70.7 Å². The summed E-state index contributed by atoms with van der Waals surface area (Å²) in [5.41, 5.74) is 10.8. The van der Waals surface area contributed by atoms with Gasteiger partial charge >= 0.3 is 0 Å². The van der Waals surface area contributed by atoms with Crippen molar-refractivity contribution in [3.05, 3.63) is 71.2 Å². The maximum absolute atomic E-state index is 7.19. The number of hydrogen-bond donors (Lipinski definition) is 2. The van der Waals surface area contributed by atoms with Gasteiger partial charge in [-0.3, -0.25) is 0 Å². The summed E-state index contributed by atoms with van der Waals surface area (Å²) in [6, 6.07) is 9.00. The predicted octanol–water partition coefficient (Wildman–Crippen LogP) is 37.5. The lowest BCUT2D eigenvalue weighted by Crippen LogP contribution is -2.03. The van der Waals surface area contributed by atoms with Gasteiger partial charge in [0.1, 0.15) is 30.3 Å². The molecule has 0 saturated carbocycles. The van der Waals surface area contributed by atoms with Crippen molar-refractivity contribution >= 4 is 255 Å². The Balaban J connectivity index is 1.22. The Morgan fingerprint density at radius 1 is 0.242 bits per heavy atom. The number of ether oxygens (including phenoxy) is 4. The van der Waals surface area contributed by atoms with Crippen LogP contribution in [0.3, 0.4) is 0 Å². The Kier molecular flexibility index (Phi) is 45.6. The zero-order chi connectivity index (χ0) is 92.2. The van der Waals surface area contributed by atoms with Gasteiger partial charge in [0, 0.05) is 43.1 Å². The molecule has 0 saturated heterocycles. The van der Waals surface area contributed by atoms with Crippen molar-refractivity contribution in [2.75, 3.05) is 51.5 Å². The van der Waals surface area contributed by atoms with Gasteiger partial charge in [-0.25, -0.2) is 29.9 Å². The molecule has 13 rings (SSSR count). The Bertz CT molecular complexity index is 5150. The third-order valence-corrected chi connectivity index (χ3v) is 43.1. The number of aromatic nitrogens is 8. The highest BCUT2D eigenvalue weighted by Crippen LogP contribution is 2.59. The lowest BCUT2D eigenvalue weighted by Gasteiger charge is -2.14. The smallest absolute Gasteiger partial charge is 0.165 e. The molecule has 11 aromatic rings. The zero-order valence-electron chi connectivity index (χ0n) is 82.1. The van der Waals surface area contributed by atoms with E-state index in [0.717, 1.165) is 195 Å². The number of benzene rings is 4. The normalized spacial score (nSPS) is 13.4. The minimum atomic E-state index is 0.587. The van der Waals surface area contributed by atoms with Crippen molar-refractivity contribution in [3.8, 4) is 23.0 Å². The summed E-state index contributed by atoms with van der Waals surface area (Å²) in [7, 11) is 0. The zero-order valence-corrected chi connectivity index (χ0v) is 91.9. The first-order valence-corrected chi connectivity index (χ1v) is 63.2. The molecule has 2 aliphatic heterocycles. The topological polar surface area (TPSA) is 146 Å². The molecule has 12 nitrogen and oxygen atoms in total. The summed E-state index contributed by atoms with van der Waals surface area (Å²) in [4.78, 5) is 45.4. The maximum Gasteiger partial charge on any atom is 0.165 e. The van der Waals surface area contributed by atoms with Gasteiger partial charge < -0.3 is 28.9 Å². The number of fused-ring (bicyclic) bond motifs is 22. The second kappa shape index (κ2) is 57.1. The molecule has 0 spiro atoms. The number of aromatic amines is 2. The third kappa shape index (κ3) is 28.3. The number of aryl methyl sites for hydroxylation is 4. The monoisotopic (exact) mass is 2010 g/mol. The molecule has 0 radical (unpaired) electrons. The first-order chi connectivity index (χ1) is 65.0. The molecule has 9 heterocycles. The number of nitrogens with one attached hydrogen (secondary N) is 2. The lowest BCUT2D eigenvalue weighted by atomic mass is 9.95. The summed E-state index contributed by atoms with van der Waals surface area (Å²) < 4.78 is 45.4. The SMILES string of the molecule is CCCCCCCCOc1cc2c3nc4nc(nc5[nH]c(nc6nc(nc([nH]3)c2cc1OCCCCCCCC)c1c(CCCCCCCC)c2sc(=C3SC(SC)=C(SC)S3)sc2c(CCCCCCCC)c61)c1cc(OCCCCCCCC)c(OCCCCCCCC)cc51)c1c(CCCCCCCC)c2sc(=C3SC(SC)=C(SC)S3)sc2c(CCCCCCCC)c41. The molecule has 0 fully saturated rings. The number of H-pyrrole nitrogens is 2. The fourth-order valence-electron chi connectivity index (χ4n) is 18.7. The van der Waals surface area contributed by atoms with Crippen molar-refractivity contribution in [2.45, 2.75) is 389 Å². The standard InChI is InChI=1S/C108H154N8O4S12/c1-13-21-29-37-45-53-61-73-85-86(74(62-54-46-38-30-22-14-2)90-89(73)125-105(126-90)107-129-101(121-9)102(122-10)130-107)98-112-94-79-71-83(119-67-59-51-43-35-27-19-7)84(120-68-60-52-44-36-28-20-8)72-80(79)96(110-94)114-100-88-76(64-56-48-40-32-24-16-4)92-91(127-106(128-92)108-131-103(123-11)104(124-12)132-108)75(63-55-47-39-31-23-15-3)87(88)99(116-100)113-95-78-70-82(118-66-58-50-42-34-26-18-6)81(117-65-57-49-41-33-25-17-5)69-77(78)93(109-95)111-97(85)115-98/h69-72H,13-68H2,1-12H3,(H2,109,110,111,112,113,114,115,116). The van der Waals surface area contributed by atoms with E-state index in [-0.39, 0.29) is 0 Å². The average Bonchev–Trinajstić information content (AvgIpc) is 1.56. The fourth-order valence-corrected chi connectivity index (χ4v) is 35.1. The van der Waals surface area contributed by atoms with Crippen LogP contribution in [0.4, 0.5) is 0 Å². The molecular formula is C108H154N8O4S12. The maximum atomic E-state index is 7.19. The Labute approximate surface area is 840 Å². The molecule has 132 heavy (non-hydrogen) atoms. The third-order valence-electron chi connectivity index (χ3n) is 26.1. The summed E-state index contributed by atoms with van der Waals surface area (Å²) in [5.74, 6) is 2.97. The molecule has 4 aromatic carbocycles. The second-order valence-electron chi connectivity index (χ2n) is 36.5. The van der Waals surface area contributed by atoms with Crippen LogP contribution in [0.1, 0.15) is 386 Å². The Morgan fingerprint density at radius 3 is 0.629 bits per heavy atom. The molecule has 722 valence electrons. The van der Waals surface area contributed by atoms with Crippen molar-refractivity contribution in [3.63, 3.8) is 0 Å². The highest BCUT2D eigenvalue weighted by molar-refractivity contribution is 8.46. The van der Waals surface area contributed by atoms with Crippen LogP contribution in [0.5, 0.6) is 23.0 Å². The largest absolute Gasteiger partial charge is 0.490 e. The number of unbranched alkanes of at least 4 members (excludes halogenated alkanes) is 40. The van der Waals surface area contributed by atoms with E-state index >= 15 is 0 Å². The first-order valence-electron chi connectivity index (χ1n) is 51.8. The van der Waals surface area contributed by atoms with Crippen LogP contribution in [0, 0.1) is 0 Å². The van der Waals surface area contributed by atoms with Crippen LogP contribution in [0.15, 0.2) is 41.2 Å². The fraction of sp³-hybridized carbons (Fsp3) is 0.630. The molecule has 0 amide bonds. The Hall–Kier alpha value is -3.92. The van der Waals surface area contributed by atoms with Crippen molar-refractivity contribution in [1.82, 2.24) is 39.9 Å². The summed E-state index contributed by atoms with van der Waals surface area (Å²) >= 11 is 23.5. The van der Waals surface area contributed by atoms with Crippen LogP contribution < -0.4 is 26.6 Å². The predicted molar refractivity (Wildman–Crippen MR) is 603 cm³/mol. The van der Waals surface area contributed by atoms with Crippen LogP contribution in [-0.2, 0) is 25.7 Å².